The van der Waals surface area contributed by atoms with Crippen LogP contribution in [0.5, 0.6) is 0 Å². The maximum atomic E-state index is 10.6. The molecule has 0 saturated heterocycles. The minimum Gasteiger partial charge on any atom is -0.398 e. The van der Waals surface area contributed by atoms with Gasteiger partial charge >= 0.3 is 0 Å². The second-order valence-electron chi connectivity index (χ2n) is 2.43. The number of amides is 1. The van der Waals surface area contributed by atoms with Gasteiger partial charge in [0.05, 0.1) is 0 Å². The van der Waals surface area contributed by atoms with Crippen molar-refractivity contribution in [1.82, 2.24) is 0 Å². The molecule has 1 rings (SSSR count). The van der Waals surface area contributed by atoms with Crippen LogP contribution >= 0.6 is 0 Å². The van der Waals surface area contributed by atoms with Crippen molar-refractivity contribution in [1.29, 1.82) is 0 Å². The van der Waals surface area contributed by atoms with Crippen molar-refractivity contribution >= 4 is 11.6 Å². The number of anilines is 1. The molecule has 0 aliphatic rings. The van der Waals surface area contributed by atoms with E-state index in [2.05, 4.69) is 0 Å². The molecule has 64 valence electrons. The number of carbonyl (C=O) groups is 1. The van der Waals surface area contributed by atoms with Gasteiger partial charge in [0.15, 0.2) is 6.10 Å². The quantitative estimate of drug-likeness (QED) is 0.531. The number of aliphatic hydroxyl groups is 1. The van der Waals surface area contributed by atoms with Gasteiger partial charge in [0.1, 0.15) is 0 Å². The number of primary amides is 1. The predicted octanol–water partition coefficient (Wildman–Crippen LogP) is -0.213. The highest BCUT2D eigenvalue weighted by Crippen LogP contribution is 2.18. The van der Waals surface area contributed by atoms with E-state index < -0.39 is 12.0 Å². The molecule has 0 aromatic heterocycles. The smallest absolute Gasteiger partial charge is 0.250 e. The third-order valence-corrected chi connectivity index (χ3v) is 1.56. The lowest BCUT2D eigenvalue weighted by molar-refractivity contribution is -0.126. The molecule has 0 bridgehead atoms. The summed E-state index contributed by atoms with van der Waals surface area (Å²) in [5.41, 5.74) is 11.1. The highest BCUT2D eigenvalue weighted by atomic mass is 16.3. The molecule has 0 spiro atoms. The lowest BCUT2D eigenvalue weighted by Gasteiger charge is -2.08. The number of hydrogen-bond donors (Lipinski definition) is 3. The number of nitrogens with two attached hydrogens (primary N) is 2. The summed E-state index contributed by atoms with van der Waals surface area (Å²) in [6, 6.07) is 6.55. The molecule has 0 heterocycles. The van der Waals surface area contributed by atoms with Crippen LogP contribution < -0.4 is 11.5 Å². The molecular weight excluding hydrogens is 156 g/mol. The van der Waals surface area contributed by atoms with Gasteiger partial charge < -0.3 is 16.6 Å². The van der Waals surface area contributed by atoms with E-state index in [1.165, 1.54) is 0 Å². The topological polar surface area (TPSA) is 89.3 Å². The fourth-order valence-electron chi connectivity index (χ4n) is 0.913. The number of rotatable bonds is 2. The second-order valence-corrected chi connectivity index (χ2v) is 2.43. The molecule has 1 amide bonds. The van der Waals surface area contributed by atoms with Crippen LogP contribution in [-0.4, -0.2) is 11.0 Å². The molecule has 0 saturated carbocycles. The standard InChI is InChI=1S/C8H10N2O2/c9-6-4-2-1-3-5(6)7(11)8(10)12/h1-4,7,11H,9H2,(H2,10,12)/t7-/m1/s1. The van der Waals surface area contributed by atoms with Crippen LogP contribution in [0.3, 0.4) is 0 Å². The van der Waals surface area contributed by atoms with Crippen molar-refractivity contribution < 1.29 is 9.90 Å². The van der Waals surface area contributed by atoms with Gasteiger partial charge in [-0.2, -0.15) is 0 Å². The van der Waals surface area contributed by atoms with Crippen LogP contribution in [0.1, 0.15) is 11.7 Å². The van der Waals surface area contributed by atoms with Crippen LogP contribution in [0.25, 0.3) is 0 Å². The highest BCUT2D eigenvalue weighted by Gasteiger charge is 2.15. The lowest BCUT2D eigenvalue weighted by atomic mass is 10.1. The van der Waals surface area contributed by atoms with E-state index in [-0.39, 0.29) is 0 Å². The van der Waals surface area contributed by atoms with Crippen molar-refractivity contribution in [2.45, 2.75) is 6.10 Å². The van der Waals surface area contributed by atoms with Gasteiger partial charge in [-0.1, -0.05) is 18.2 Å². The molecule has 1 aromatic rings. The third kappa shape index (κ3) is 1.54. The zero-order valence-corrected chi connectivity index (χ0v) is 6.40. The van der Waals surface area contributed by atoms with Crippen LogP contribution in [0.4, 0.5) is 5.69 Å². The Morgan fingerprint density at radius 1 is 1.42 bits per heavy atom. The van der Waals surface area contributed by atoms with Crippen LogP contribution in [0.15, 0.2) is 24.3 Å². The number of nitrogen functional groups attached to an aromatic ring is 1. The summed E-state index contributed by atoms with van der Waals surface area (Å²) in [6.07, 6.45) is -1.31. The number of aliphatic hydroxyl groups excluding tert-OH is 1. The normalized spacial score (nSPS) is 12.4. The zero-order valence-electron chi connectivity index (χ0n) is 6.40. The Morgan fingerprint density at radius 3 is 2.50 bits per heavy atom. The maximum absolute atomic E-state index is 10.6. The van der Waals surface area contributed by atoms with E-state index in [1.807, 2.05) is 0 Å². The molecule has 1 aromatic carbocycles. The Bertz CT molecular complexity index is 299. The average molecular weight is 166 g/mol. The summed E-state index contributed by atoms with van der Waals surface area (Å²) in [6.45, 7) is 0. The monoisotopic (exact) mass is 166 g/mol. The number of hydrogen-bond acceptors (Lipinski definition) is 3. The molecule has 5 N–H and O–H groups in total. The Morgan fingerprint density at radius 2 is 2.00 bits per heavy atom. The first kappa shape index (κ1) is 8.55. The largest absolute Gasteiger partial charge is 0.398 e. The van der Waals surface area contributed by atoms with E-state index in [1.54, 1.807) is 24.3 Å². The zero-order chi connectivity index (χ0) is 9.14. The van der Waals surface area contributed by atoms with Crippen molar-refractivity contribution in [3.05, 3.63) is 29.8 Å². The summed E-state index contributed by atoms with van der Waals surface area (Å²) in [7, 11) is 0. The van der Waals surface area contributed by atoms with E-state index in [0.29, 0.717) is 11.3 Å². The summed E-state index contributed by atoms with van der Waals surface area (Å²) in [5.74, 6) is -0.798. The summed E-state index contributed by atoms with van der Waals surface area (Å²) in [4.78, 5) is 10.6. The van der Waals surface area contributed by atoms with Gasteiger partial charge in [-0.3, -0.25) is 4.79 Å². The second kappa shape index (κ2) is 3.23. The molecular formula is C8H10N2O2. The number of carbonyl (C=O) groups excluding carboxylic acids is 1. The molecule has 12 heavy (non-hydrogen) atoms. The van der Waals surface area contributed by atoms with Crippen molar-refractivity contribution in [2.75, 3.05) is 5.73 Å². The first-order valence-electron chi connectivity index (χ1n) is 3.44. The molecule has 1 atom stereocenters. The van der Waals surface area contributed by atoms with Crippen LogP contribution in [-0.2, 0) is 4.79 Å². The van der Waals surface area contributed by atoms with E-state index >= 15 is 0 Å². The molecule has 0 fully saturated rings. The van der Waals surface area contributed by atoms with Crippen molar-refractivity contribution in [3.63, 3.8) is 0 Å². The average Bonchev–Trinajstić information content (AvgIpc) is 2.04. The SMILES string of the molecule is NC(=O)[C@H](O)c1ccccc1N. The van der Waals surface area contributed by atoms with Crippen molar-refractivity contribution in [2.24, 2.45) is 5.73 Å². The Balaban J connectivity index is 3.02. The van der Waals surface area contributed by atoms with Gasteiger partial charge in [-0.25, -0.2) is 0 Å². The van der Waals surface area contributed by atoms with Crippen LogP contribution in [0.2, 0.25) is 0 Å². The molecule has 0 aliphatic carbocycles. The van der Waals surface area contributed by atoms with Gasteiger partial charge in [0.2, 0.25) is 0 Å². The van der Waals surface area contributed by atoms with Gasteiger partial charge in [0, 0.05) is 11.3 Å². The summed E-state index contributed by atoms with van der Waals surface area (Å²) < 4.78 is 0. The Hall–Kier alpha value is -1.55. The summed E-state index contributed by atoms with van der Waals surface area (Å²) >= 11 is 0. The van der Waals surface area contributed by atoms with E-state index in [0.717, 1.165) is 0 Å². The summed E-state index contributed by atoms with van der Waals surface area (Å²) in [5, 5.41) is 9.22. The minimum absolute atomic E-state index is 0.352. The molecule has 0 aliphatic heterocycles. The molecule has 4 nitrogen and oxygen atoms in total. The number of para-hydroxylation sites is 1. The third-order valence-electron chi connectivity index (χ3n) is 1.56. The van der Waals surface area contributed by atoms with Crippen LogP contribution in [0, 0.1) is 0 Å². The fourth-order valence-corrected chi connectivity index (χ4v) is 0.913. The van der Waals surface area contributed by atoms with E-state index in [4.69, 9.17) is 11.5 Å². The van der Waals surface area contributed by atoms with Gasteiger partial charge in [-0.15, -0.1) is 0 Å². The first-order valence-corrected chi connectivity index (χ1v) is 3.44. The molecule has 0 unspecified atom stereocenters. The van der Waals surface area contributed by atoms with Crippen molar-refractivity contribution in [3.8, 4) is 0 Å². The Labute approximate surface area is 69.8 Å². The van der Waals surface area contributed by atoms with E-state index in [9.17, 15) is 9.90 Å². The highest BCUT2D eigenvalue weighted by molar-refractivity contribution is 5.81. The Kier molecular flexibility index (Phi) is 2.30. The number of benzene rings is 1. The predicted molar refractivity (Wildman–Crippen MR) is 45.0 cm³/mol. The van der Waals surface area contributed by atoms with Gasteiger partial charge in [-0.05, 0) is 6.07 Å². The minimum atomic E-state index is -1.31. The lowest BCUT2D eigenvalue weighted by Crippen LogP contribution is -2.21. The van der Waals surface area contributed by atoms with Gasteiger partial charge in [0.25, 0.3) is 5.91 Å². The fraction of sp³-hybridized carbons (Fsp3) is 0.125. The maximum Gasteiger partial charge on any atom is 0.250 e. The first-order chi connectivity index (χ1) is 5.63. The molecule has 4 heteroatoms. The molecule has 0 radical (unpaired) electrons.